The van der Waals surface area contributed by atoms with Gasteiger partial charge in [-0.2, -0.15) is 0 Å². The molecule has 0 radical (unpaired) electrons. The van der Waals surface area contributed by atoms with E-state index in [4.69, 9.17) is 9.47 Å². The molecule has 4 heteroatoms. The predicted molar refractivity (Wildman–Crippen MR) is 84.0 cm³/mol. The number of pyridine rings is 1. The summed E-state index contributed by atoms with van der Waals surface area (Å²) in [5.74, 6) is 1.46. The number of hydrogen-bond acceptors (Lipinski definition) is 4. The van der Waals surface area contributed by atoms with Gasteiger partial charge in [0.25, 0.3) is 0 Å². The Balaban J connectivity index is 2.43. The number of methoxy groups -OCH3 is 2. The first-order valence-corrected chi connectivity index (χ1v) is 7.08. The Morgan fingerprint density at radius 1 is 1.10 bits per heavy atom. The van der Waals surface area contributed by atoms with Crippen LogP contribution in [-0.4, -0.2) is 25.7 Å². The predicted octanol–water partition coefficient (Wildman–Crippen LogP) is 3.11. The number of aromatic nitrogens is 1. The minimum absolute atomic E-state index is 0.0368. The number of benzene rings is 1. The summed E-state index contributed by atoms with van der Waals surface area (Å²) in [6, 6.07) is 12.1. The number of nitrogens with one attached hydrogen (secondary N) is 1. The highest BCUT2D eigenvalue weighted by molar-refractivity contribution is 5.45. The van der Waals surface area contributed by atoms with Crippen LogP contribution in [0.25, 0.3) is 0 Å². The van der Waals surface area contributed by atoms with E-state index in [1.54, 1.807) is 14.2 Å². The lowest BCUT2D eigenvalue weighted by atomic mass is 10.0. The molecule has 0 spiro atoms. The third-order valence-corrected chi connectivity index (χ3v) is 3.35. The molecule has 1 heterocycles. The summed E-state index contributed by atoms with van der Waals surface area (Å²) in [6.45, 7) is 4.94. The van der Waals surface area contributed by atoms with E-state index in [9.17, 15) is 0 Å². The minimum Gasteiger partial charge on any atom is -0.493 e. The lowest BCUT2D eigenvalue weighted by Gasteiger charge is -2.19. The van der Waals surface area contributed by atoms with Crippen LogP contribution in [0.2, 0.25) is 0 Å². The molecule has 1 atom stereocenters. The SMILES string of the molecule is CCNC(c1ccc(OC)c(OC)c1)c1cccc(C)n1. The van der Waals surface area contributed by atoms with Crippen molar-refractivity contribution >= 4 is 0 Å². The molecule has 2 aromatic rings. The fourth-order valence-electron chi connectivity index (χ4n) is 2.35. The number of rotatable bonds is 6. The highest BCUT2D eigenvalue weighted by Gasteiger charge is 2.16. The van der Waals surface area contributed by atoms with E-state index in [-0.39, 0.29) is 6.04 Å². The molecule has 0 saturated heterocycles. The molecule has 0 aliphatic heterocycles. The second-order valence-electron chi connectivity index (χ2n) is 4.81. The van der Waals surface area contributed by atoms with Crippen molar-refractivity contribution in [2.75, 3.05) is 20.8 Å². The van der Waals surface area contributed by atoms with Gasteiger partial charge in [-0.1, -0.05) is 19.1 Å². The molecule has 1 aromatic heterocycles. The van der Waals surface area contributed by atoms with Crippen LogP contribution in [0.3, 0.4) is 0 Å². The molecule has 1 N–H and O–H groups in total. The van der Waals surface area contributed by atoms with E-state index in [2.05, 4.69) is 17.2 Å². The number of nitrogens with zero attached hydrogens (tertiary/aromatic N) is 1. The van der Waals surface area contributed by atoms with Crippen molar-refractivity contribution in [3.8, 4) is 11.5 Å². The second-order valence-corrected chi connectivity index (χ2v) is 4.81. The second kappa shape index (κ2) is 7.09. The van der Waals surface area contributed by atoms with Crippen LogP contribution in [0.15, 0.2) is 36.4 Å². The molecule has 1 aromatic carbocycles. The van der Waals surface area contributed by atoms with Crippen LogP contribution >= 0.6 is 0 Å². The van der Waals surface area contributed by atoms with Crippen molar-refractivity contribution < 1.29 is 9.47 Å². The zero-order valence-electron chi connectivity index (χ0n) is 13.0. The summed E-state index contributed by atoms with van der Waals surface area (Å²) in [7, 11) is 3.29. The zero-order valence-corrected chi connectivity index (χ0v) is 13.0. The molecule has 0 bridgehead atoms. The van der Waals surface area contributed by atoms with E-state index < -0.39 is 0 Å². The largest absolute Gasteiger partial charge is 0.493 e. The molecular weight excluding hydrogens is 264 g/mol. The van der Waals surface area contributed by atoms with Gasteiger partial charge in [-0.05, 0) is 43.3 Å². The van der Waals surface area contributed by atoms with E-state index in [0.717, 1.165) is 35.0 Å². The molecule has 21 heavy (non-hydrogen) atoms. The Labute approximate surface area is 126 Å². The Hall–Kier alpha value is -2.07. The average molecular weight is 286 g/mol. The highest BCUT2D eigenvalue weighted by atomic mass is 16.5. The van der Waals surface area contributed by atoms with Gasteiger partial charge >= 0.3 is 0 Å². The lowest BCUT2D eigenvalue weighted by molar-refractivity contribution is 0.354. The van der Waals surface area contributed by atoms with Gasteiger partial charge in [0, 0.05) is 5.69 Å². The molecule has 4 nitrogen and oxygen atoms in total. The van der Waals surface area contributed by atoms with E-state index >= 15 is 0 Å². The van der Waals surface area contributed by atoms with Crippen molar-refractivity contribution in [3.63, 3.8) is 0 Å². The van der Waals surface area contributed by atoms with E-state index in [0.29, 0.717) is 0 Å². The van der Waals surface area contributed by atoms with Crippen LogP contribution in [0.4, 0.5) is 0 Å². The third kappa shape index (κ3) is 3.52. The summed E-state index contributed by atoms with van der Waals surface area (Å²) in [5.41, 5.74) is 3.12. The average Bonchev–Trinajstić information content (AvgIpc) is 2.52. The third-order valence-electron chi connectivity index (χ3n) is 3.35. The molecule has 0 aliphatic rings. The summed E-state index contributed by atoms with van der Waals surface area (Å²) < 4.78 is 10.7. The Bertz CT molecular complexity index is 599. The summed E-state index contributed by atoms with van der Waals surface area (Å²) >= 11 is 0. The van der Waals surface area contributed by atoms with Crippen LogP contribution in [0.5, 0.6) is 11.5 Å². The smallest absolute Gasteiger partial charge is 0.161 e. The first-order chi connectivity index (χ1) is 10.2. The van der Waals surface area contributed by atoms with Crippen LogP contribution in [0, 0.1) is 6.92 Å². The zero-order chi connectivity index (χ0) is 15.2. The summed E-state index contributed by atoms with van der Waals surface area (Å²) in [6.07, 6.45) is 0. The molecule has 112 valence electrons. The molecule has 1 unspecified atom stereocenters. The fraction of sp³-hybridized carbons (Fsp3) is 0.353. The van der Waals surface area contributed by atoms with Crippen LogP contribution < -0.4 is 14.8 Å². The molecular formula is C17H22N2O2. The van der Waals surface area contributed by atoms with Crippen molar-refractivity contribution in [3.05, 3.63) is 53.3 Å². The van der Waals surface area contributed by atoms with Gasteiger partial charge in [0.15, 0.2) is 11.5 Å². The Morgan fingerprint density at radius 2 is 1.86 bits per heavy atom. The first-order valence-electron chi connectivity index (χ1n) is 7.08. The van der Waals surface area contributed by atoms with Crippen molar-refractivity contribution in [2.45, 2.75) is 19.9 Å². The van der Waals surface area contributed by atoms with Gasteiger partial charge in [0.1, 0.15) is 0 Å². The van der Waals surface area contributed by atoms with Gasteiger partial charge < -0.3 is 14.8 Å². The normalized spacial score (nSPS) is 12.0. The number of ether oxygens (including phenoxy) is 2. The van der Waals surface area contributed by atoms with Gasteiger partial charge in [-0.3, -0.25) is 4.98 Å². The van der Waals surface area contributed by atoms with Crippen LogP contribution in [0.1, 0.15) is 29.9 Å². The Morgan fingerprint density at radius 3 is 2.48 bits per heavy atom. The maximum atomic E-state index is 5.39. The molecule has 0 amide bonds. The number of aryl methyl sites for hydroxylation is 1. The molecule has 0 saturated carbocycles. The first kappa shape index (κ1) is 15.3. The molecule has 2 rings (SSSR count). The Kier molecular flexibility index (Phi) is 5.17. The quantitative estimate of drug-likeness (QED) is 0.886. The summed E-state index contributed by atoms with van der Waals surface area (Å²) in [5, 5.41) is 3.47. The van der Waals surface area contributed by atoms with Crippen molar-refractivity contribution in [1.82, 2.24) is 10.3 Å². The number of hydrogen-bond donors (Lipinski definition) is 1. The van der Waals surface area contributed by atoms with Gasteiger partial charge in [-0.25, -0.2) is 0 Å². The standard InChI is InChI=1S/C17H22N2O2/c1-5-18-17(14-8-6-7-12(2)19-14)13-9-10-15(20-3)16(11-13)21-4/h6-11,17-18H,5H2,1-4H3. The van der Waals surface area contributed by atoms with Crippen molar-refractivity contribution in [1.29, 1.82) is 0 Å². The van der Waals surface area contributed by atoms with Gasteiger partial charge in [-0.15, -0.1) is 0 Å². The van der Waals surface area contributed by atoms with Crippen molar-refractivity contribution in [2.24, 2.45) is 0 Å². The van der Waals surface area contributed by atoms with E-state index in [1.165, 1.54) is 0 Å². The van der Waals surface area contributed by atoms with Gasteiger partial charge in [0.2, 0.25) is 0 Å². The molecule has 0 aliphatic carbocycles. The maximum absolute atomic E-state index is 5.39. The maximum Gasteiger partial charge on any atom is 0.161 e. The topological polar surface area (TPSA) is 43.4 Å². The summed E-state index contributed by atoms with van der Waals surface area (Å²) in [4.78, 5) is 4.63. The lowest BCUT2D eigenvalue weighted by Crippen LogP contribution is -2.23. The molecule has 0 fully saturated rings. The highest BCUT2D eigenvalue weighted by Crippen LogP contribution is 2.31. The van der Waals surface area contributed by atoms with Gasteiger partial charge in [0.05, 0.1) is 26.0 Å². The minimum atomic E-state index is 0.0368. The van der Waals surface area contributed by atoms with E-state index in [1.807, 2.05) is 43.3 Å². The van der Waals surface area contributed by atoms with Crippen LogP contribution in [-0.2, 0) is 0 Å². The fourth-order valence-corrected chi connectivity index (χ4v) is 2.35. The monoisotopic (exact) mass is 286 g/mol.